The van der Waals surface area contributed by atoms with Crippen LogP contribution in [0, 0.1) is 0 Å². The Bertz CT molecular complexity index is 924. The van der Waals surface area contributed by atoms with Gasteiger partial charge in [0.1, 0.15) is 17.3 Å². The SMILES string of the molecule is CCOCCn1c(CN(C)CC(N)=O)nc2ccc(Oc3ccccc3)cc21. The van der Waals surface area contributed by atoms with Gasteiger partial charge in [0, 0.05) is 19.2 Å². The molecule has 0 unspecified atom stereocenters. The van der Waals surface area contributed by atoms with Gasteiger partial charge in [0.15, 0.2) is 0 Å². The summed E-state index contributed by atoms with van der Waals surface area (Å²) in [5, 5.41) is 0. The molecule has 0 saturated carbocycles. The molecule has 1 aromatic heterocycles. The van der Waals surface area contributed by atoms with E-state index >= 15 is 0 Å². The Labute approximate surface area is 164 Å². The molecule has 0 bridgehead atoms. The highest BCUT2D eigenvalue weighted by Crippen LogP contribution is 2.26. The summed E-state index contributed by atoms with van der Waals surface area (Å²) < 4.78 is 13.6. The van der Waals surface area contributed by atoms with Gasteiger partial charge in [-0.3, -0.25) is 9.69 Å². The van der Waals surface area contributed by atoms with Crippen LogP contribution < -0.4 is 10.5 Å². The molecule has 7 heteroatoms. The number of fused-ring (bicyclic) bond motifs is 1. The van der Waals surface area contributed by atoms with E-state index in [1.165, 1.54) is 0 Å². The second kappa shape index (κ2) is 9.34. The number of hydrogen-bond acceptors (Lipinski definition) is 5. The van der Waals surface area contributed by atoms with Gasteiger partial charge < -0.3 is 19.8 Å². The minimum Gasteiger partial charge on any atom is -0.457 e. The predicted molar refractivity (Wildman–Crippen MR) is 108 cm³/mol. The molecule has 0 saturated heterocycles. The number of nitrogens with two attached hydrogens (primary N) is 1. The third kappa shape index (κ3) is 5.09. The predicted octanol–water partition coefficient (Wildman–Crippen LogP) is 2.78. The maximum Gasteiger partial charge on any atom is 0.231 e. The van der Waals surface area contributed by atoms with Crippen LogP contribution in [0.3, 0.4) is 0 Å². The number of likely N-dealkylation sites (N-methyl/N-ethyl adjacent to an activating group) is 1. The molecule has 0 atom stereocenters. The largest absolute Gasteiger partial charge is 0.457 e. The molecule has 1 heterocycles. The Hall–Kier alpha value is -2.90. The number of amides is 1. The fourth-order valence-corrected chi connectivity index (χ4v) is 3.07. The Morgan fingerprint density at radius 2 is 1.96 bits per heavy atom. The Morgan fingerprint density at radius 3 is 2.68 bits per heavy atom. The van der Waals surface area contributed by atoms with Crippen LogP contribution in [0.5, 0.6) is 11.5 Å². The van der Waals surface area contributed by atoms with Gasteiger partial charge in [0.05, 0.1) is 30.7 Å². The van der Waals surface area contributed by atoms with Crippen LogP contribution in [0.4, 0.5) is 0 Å². The normalized spacial score (nSPS) is 11.2. The molecule has 2 N–H and O–H groups in total. The summed E-state index contributed by atoms with van der Waals surface area (Å²) in [6.07, 6.45) is 0. The minimum absolute atomic E-state index is 0.178. The minimum atomic E-state index is -0.363. The van der Waals surface area contributed by atoms with Gasteiger partial charge in [-0.05, 0) is 38.2 Å². The fourth-order valence-electron chi connectivity index (χ4n) is 3.07. The van der Waals surface area contributed by atoms with Gasteiger partial charge >= 0.3 is 0 Å². The van der Waals surface area contributed by atoms with E-state index < -0.39 is 0 Å². The van der Waals surface area contributed by atoms with Crippen LogP contribution in [-0.4, -0.2) is 47.2 Å². The molecule has 0 radical (unpaired) electrons. The highest BCUT2D eigenvalue weighted by molar-refractivity contribution is 5.78. The van der Waals surface area contributed by atoms with Crippen LogP contribution in [0.25, 0.3) is 11.0 Å². The molecule has 3 aromatic rings. The number of benzene rings is 2. The Balaban J connectivity index is 1.90. The number of rotatable bonds is 10. The van der Waals surface area contributed by atoms with Crippen molar-refractivity contribution in [3.8, 4) is 11.5 Å². The Morgan fingerprint density at radius 1 is 1.18 bits per heavy atom. The summed E-state index contributed by atoms with van der Waals surface area (Å²) in [6.45, 7) is 4.57. The van der Waals surface area contributed by atoms with E-state index in [0.717, 1.165) is 28.4 Å². The number of imidazole rings is 1. The molecule has 0 aliphatic heterocycles. The van der Waals surface area contributed by atoms with Crippen molar-refractivity contribution in [1.82, 2.24) is 14.5 Å². The average molecular weight is 382 g/mol. The van der Waals surface area contributed by atoms with E-state index in [4.69, 9.17) is 20.2 Å². The van der Waals surface area contributed by atoms with Gasteiger partial charge in [-0.1, -0.05) is 18.2 Å². The van der Waals surface area contributed by atoms with Crippen molar-refractivity contribution in [2.24, 2.45) is 5.73 Å². The number of para-hydroxylation sites is 1. The second-order valence-corrected chi connectivity index (χ2v) is 6.58. The molecule has 0 fully saturated rings. The summed E-state index contributed by atoms with van der Waals surface area (Å²) in [6, 6.07) is 15.5. The van der Waals surface area contributed by atoms with E-state index in [0.29, 0.717) is 26.3 Å². The first kappa shape index (κ1) is 19.9. The van der Waals surface area contributed by atoms with Gasteiger partial charge in [-0.15, -0.1) is 0 Å². The maximum atomic E-state index is 11.2. The lowest BCUT2D eigenvalue weighted by molar-refractivity contribution is -0.119. The number of primary amides is 1. The lowest BCUT2D eigenvalue weighted by atomic mass is 10.3. The molecule has 0 aliphatic carbocycles. The number of aromatic nitrogens is 2. The molecule has 7 nitrogen and oxygen atoms in total. The van der Waals surface area contributed by atoms with Crippen molar-refractivity contribution in [1.29, 1.82) is 0 Å². The number of hydrogen-bond donors (Lipinski definition) is 1. The molecule has 0 aliphatic rings. The summed E-state index contributed by atoms with van der Waals surface area (Å²) in [5.74, 6) is 2.02. The van der Waals surface area contributed by atoms with Crippen molar-refractivity contribution < 1.29 is 14.3 Å². The lowest BCUT2D eigenvalue weighted by Gasteiger charge is -2.16. The third-order valence-electron chi connectivity index (χ3n) is 4.28. The third-order valence-corrected chi connectivity index (χ3v) is 4.28. The van der Waals surface area contributed by atoms with Crippen molar-refractivity contribution in [2.75, 3.05) is 26.8 Å². The number of nitrogens with zero attached hydrogens (tertiary/aromatic N) is 3. The number of carbonyl (C=O) groups is 1. The van der Waals surface area contributed by atoms with E-state index in [-0.39, 0.29) is 12.5 Å². The van der Waals surface area contributed by atoms with Crippen molar-refractivity contribution in [3.05, 3.63) is 54.4 Å². The van der Waals surface area contributed by atoms with E-state index in [1.54, 1.807) is 0 Å². The van der Waals surface area contributed by atoms with Crippen LogP contribution >= 0.6 is 0 Å². The van der Waals surface area contributed by atoms with Crippen molar-refractivity contribution in [3.63, 3.8) is 0 Å². The molecule has 0 spiro atoms. The first-order chi connectivity index (χ1) is 13.6. The molecule has 3 rings (SSSR count). The zero-order valence-electron chi connectivity index (χ0n) is 16.3. The summed E-state index contributed by atoms with van der Waals surface area (Å²) in [5.41, 5.74) is 7.15. The van der Waals surface area contributed by atoms with E-state index in [2.05, 4.69) is 4.57 Å². The van der Waals surface area contributed by atoms with Gasteiger partial charge in [0.25, 0.3) is 0 Å². The Kier molecular flexibility index (Phi) is 6.62. The topological polar surface area (TPSA) is 82.6 Å². The van der Waals surface area contributed by atoms with Crippen LogP contribution in [0.2, 0.25) is 0 Å². The highest BCUT2D eigenvalue weighted by atomic mass is 16.5. The van der Waals surface area contributed by atoms with E-state index in [1.807, 2.05) is 67.4 Å². The van der Waals surface area contributed by atoms with E-state index in [9.17, 15) is 4.79 Å². The molecular formula is C21H26N4O3. The molecule has 148 valence electrons. The van der Waals surface area contributed by atoms with Crippen LogP contribution in [0.15, 0.2) is 48.5 Å². The van der Waals surface area contributed by atoms with Gasteiger partial charge in [-0.25, -0.2) is 4.98 Å². The number of carbonyl (C=O) groups excluding carboxylic acids is 1. The zero-order chi connectivity index (χ0) is 19.9. The zero-order valence-corrected chi connectivity index (χ0v) is 16.3. The average Bonchev–Trinajstić information content (AvgIpc) is 2.99. The van der Waals surface area contributed by atoms with Crippen LogP contribution in [-0.2, 0) is 22.6 Å². The lowest BCUT2D eigenvalue weighted by Crippen LogP contribution is -2.31. The smallest absolute Gasteiger partial charge is 0.231 e. The molecule has 1 amide bonds. The van der Waals surface area contributed by atoms with Gasteiger partial charge in [-0.2, -0.15) is 0 Å². The molecular weight excluding hydrogens is 356 g/mol. The van der Waals surface area contributed by atoms with Crippen molar-refractivity contribution >= 4 is 16.9 Å². The summed E-state index contributed by atoms with van der Waals surface area (Å²) >= 11 is 0. The molecule has 2 aromatic carbocycles. The van der Waals surface area contributed by atoms with Crippen molar-refractivity contribution in [2.45, 2.75) is 20.0 Å². The maximum absolute atomic E-state index is 11.2. The second-order valence-electron chi connectivity index (χ2n) is 6.58. The summed E-state index contributed by atoms with van der Waals surface area (Å²) in [7, 11) is 1.85. The first-order valence-corrected chi connectivity index (χ1v) is 9.33. The molecule has 28 heavy (non-hydrogen) atoms. The fraction of sp³-hybridized carbons (Fsp3) is 0.333. The summed E-state index contributed by atoms with van der Waals surface area (Å²) in [4.78, 5) is 17.8. The first-order valence-electron chi connectivity index (χ1n) is 9.33. The number of ether oxygens (including phenoxy) is 2. The standard InChI is InChI=1S/C21H26N4O3/c1-3-27-12-11-25-19-13-17(28-16-7-5-4-6-8-16)9-10-18(19)23-21(25)15-24(2)14-20(22)26/h4-10,13H,3,11-12,14-15H2,1-2H3,(H2,22,26). The highest BCUT2D eigenvalue weighted by Gasteiger charge is 2.14. The van der Waals surface area contributed by atoms with Gasteiger partial charge in [0.2, 0.25) is 5.91 Å². The quantitative estimate of drug-likeness (QED) is 0.545. The monoisotopic (exact) mass is 382 g/mol. The van der Waals surface area contributed by atoms with Crippen LogP contribution in [0.1, 0.15) is 12.7 Å².